The summed E-state index contributed by atoms with van der Waals surface area (Å²) in [4.78, 5) is 0.981. The maximum absolute atomic E-state index is 12.7. The zero-order chi connectivity index (χ0) is 11.5. The smallest absolute Gasteiger partial charge is 0.176 e. The van der Waals surface area contributed by atoms with Gasteiger partial charge < -0.3 is 5.32 Å². The third-order valence-electron chi connectivity index (χ3n) is 2.23. The van der Waals surface area contributed by atoms with Gasteiger partial charge in [0.2, 0.25) is 0 Å². The van der Waals surface area contributed by atoms with Crippen molar-refractivity contribution in [3.8, 4) is 0 Å². The number of anilines is 1. The molecule has 0 atom stereocenters. The molecular formula is C11H14FN3S. The maximum atomic E-state index is 12.7. The van der Waals surface area contributed by atoms with Crippen LogP contribution in [0.5, 0.6) is 0 Å². The second kappa shape index (κ2) is 4.65. The van der Waals surface area contributed by atoms with E-state index in [2.05, 4.69) is 24.3 Å². The number of hydrogen-bond donors (Lipinski definition) is 1. The summed E-state index contributed by atoms with van der Waals surface area (Å²) in [6, 6.07) is 3.63. The van der Waals surface area contributed by atoms with E-state index >= 15 is 0 Å². The number of nitrogens with one attached hydrogen (secondary N) is 1. The summed E-state index contributed by atoms with van der Waals surface area (Å²) < 4.78 is 14.6. The minimum Gasteiger partial charge on any atom is -0.378 e. The standard InChI is InChI=1S/C11H14FN3S/c1-8(2)15-7-9(5-14-15)13-6-10-3-4-11(12)16-10/h3-5,7-8,13H,6H2,1-2H3. The fourth-order valence-corrected chi connectivity index (χ4v) is 2.01. The van der Waals surface area contributed by atoms with Crippen molar-refractivity contribution in [2.24, 2.45) is 0 Å². The van der Waals surface area contributed by atoms with E-state index in [9.17, 15) is 4.39 Å². The second-order valence-corrected chi connectivity index (χ2v) is 4.98. The van der Waals surface area contributed by atoms with Gasteiger partial charge >= 0.3 is 0 Å². The van der Waals surface area contributed by atoms with E-state index in [1.165, 1.54) is 6.07 Å². The minimum absolute atomic E-state index is 0.144. The van der Waals surface area contributed by atoms with Crippen molar-refractivity contribution < 1.29 is 4.39 Å². The van der Waals surface area contributed by atoms with Crippen molar-refractivity contribution in [3.05, 3.63) is 34.5 Å². The average molecular weight is 239 g/mol. The first-order valence-electron chi connectivity index (χ1n) is 5.17. The summed E-state index contributed by atoms with van der Waals surface area (Å²) >= 11 is 1.16. The molecule has 0 spiro atoms. The third-order valence-corrected chi connectivity index (χ3v) is 3.10. The van der Waals surface area contributed by atoms with Gasteiger partial charge in [-0.25, -0.2) is 0 Å². The fourth-order valence-electron chi connectivity index (χ4n) is 1.35. The highest BCUT2D eigenvalue weighted by Crippen LogP contribution is 2.16. The molecule has 0 aliphatic heterocycles. The molecule has 2 rings (SSSR count). The van der Waals surface area contributed by atoms with Crippen molar-refractivity contribution in [2.75, 3.05) is 5.32 Å². The van der Waals surface area contributed by atoms with Crippen molar-refractivity contribution in [1.29, 1.82) is 0 Å². The Morgan fingerprint density at radius 3 is 2.88 bits per heavy atom. The van der Waals surface area contributed by atoms with Crippen molar-refractivity contribution in [2.45, 2.75) is 26.4 Å². The van der Waals surface area contributed by atoms with Gasteiger partial charge in [-0.05, 0) is 26.0 Å². The van der Waals surface area contributed by atoms with Gasteiger partial charge in [-0.1, -0.05) is 0 Å². The van der Waals surface area contributed by atoms with Crippen LogP contribution < -0.4 is 5.32 Å². The van der Waals surface area contributed by atoms with E-state index < -0.39 is 0 Å². The van der Waals surface area contributed by atoms with E-state index in [0.29, 0.717) is 12.6 Å². The van der Waals surface area contributed by atoms with Crippen LogP contribution in [0.4, 0.5) is 10.1 Å². The van der Waals surface area contributed by atoms with Crippen LogP contribution in [0.15, 0.2) is 24.5 Å². The molecule has 0 fully saturated rings. The fraction of sp³-hybridized carbons (Fsp3) is 0.364. The Kier molecular flexibility index (Phi) is 3.24. The quantitative estimate of drug-likeness (QED) is 0.887. The zero-order valence-electron chi connectivity index (χ0n) is 9.27. The molecule has 0 saturated carbocycles. The lowest BCUT2D eigenvalue weighted by atomic mass is 10.4. The molecule has 3 nitrogen and oxygen atoms in total. The first kappa shape index (κ1) is 11.1. The Morgan fingerprint density at radius 1 is 1.50 bits per heavy atom. The summed E-state index contributed by atoms with van der Waals surface area (Å²) in [7, 11) is 0. The van der Waals surface area contributed by atoms with Crippen molar-refractivity contribution >= 4 is 17.0 Å². The predicted octanol–water partition coefficient (Wildman–Crippen LogP) is 3.28. The van der Waals surface area contributed by atoms with Gasteiger partial charge in [0.25, 0.3) is 0 Å². The Balaban J connectivity index is 1.94. The lowest BCUT2D eigenvalue weighted by Gasteiger charge is -2.03. The minimum atomic E-state index is -0.144. The molecule has 0 aliphatic rings. The van der Waals surface area contributed by atoms with Gasteiger partial charge in [0.05, 0.1) is 11.9 Å². The first-order valence-corrected chi connectivity index (χ1v) is 5.99. The van der Waals surface area contributed by atoms with E-state index in [-0.39, 0.29) is 5.13 Å². The maximum Gasteiger partial charge on any atom is 0.176 e. The molecule has 86 valence electrons. The normalized spacial score (nSPS) is 11.0. The van der Waals surface area contributed by atoms with Crippen molar-refractivity contribution in [3.63, 3.8) is 0 Å². The summed E-state index contributed by atoms with van der Waals surface area (Å²) in [5.74, 6) is 0. The molecule has 0 saturated heterocycles. The number of aromatic nitrogens is 2. The molecule has 0 aliphatic carbocycles. The van der Waals surface area contributed by atoms with Crippen LogP contribution in [0.3, 0.4) is 0 Å². The summed E-state index contributed by atoms with van der Waals surface area (Å²) in [5, 5.41) is 7.28. The Labute approximate surface area is 97.9 Å². The number of thiophene rings is 1. The van der Waals surface area contributed by atoms with Gasteiger partial charge in [-0.15, -0.1) is 11.3 Å². The molecule has 0 amide bonds. The molecule has 1 N–H and O–H groups in total. The average Bonchev–Trinajstić information content (AvgIpc) is 2.83. The van der Waals surface area contributed by atoms with Crippen molar-refractivity contribution in [1.82, 2.24) is 9.78 Å². The highest BCUT2D eigenvalue weighted by atomic mass is 32.1. The number of hydrogen-bond acceptors (Lipinski definition) is 3. The molecule has 2 heterocycles. The van der Waals surface area contributed by atoms with Crippen LogP contribution in [-0.2, 0) is 6.54 Å². The highest BCUT2D eigenvalue weighted by Gasteiger charge is 2.02. The lowest BCUT2D eigenvalue weighted by molar-refractivity contribution is 0.532. The topological polar surface area (TPSA) is 29.9 Å². The van der Waals surface area contributed by atoms with Gasteiger partial charge in [-0.2, -0.15) is 9.49 Å². The molecule has 0 aromatic carbocycles. The van der Waals surface area contributed by atoms with Crippen LogP contribution in [0, 0.1) is 5.13 Å². The Bertz CT molecular complexity index is 461. The first-order chi connectivity index (χ1) is 7.65. The van der Waals surface area contributed by atoms with Gasteiger partial charge in [-0.3, -0.25) is 4.68 Å². The summed E-state index contributed by atoms with van der Waals surface area (Å²) in [5.41, 5.74) is 0.961. The van der Waals surface area contributed by atoms with E-state index in [0.717, 1.165) is 21.9 Å². The van der Waals surface area contributed by atoms with Crippen LogP contribution >= 0.6 is 11.3 Å². The Hall–Kier alpha value is -1.36. The molecule has 2 aromatic heterocycles. The van der Waals surface area contributed by atoms with E-state index in [4.69, 9.17) is 0 Å². The molecule has 0 radical (unpaired) electrons. The predicted molar refractivity (Wildman–Crippen MR) is 64.2 cm³/mol. The summed E-state index contributed by atoms with van der Waals surface area (Å²) in [6.45, 7) is 4.79. The molecular weight excluding hydrogens is 225 g/mol. The van der Waals surface area contributed by atoms with Gasteiger partial charge in [0.1, 0.15) is 0 Å². The highest BCUT2D eigenvalue weighted by molar-refractivity contribution is 7.10. The third kappa shape index (κ3) is 2.61. The Morgan fingerprint density at radius 2 is 2.31 bits per heavy atom. The zero-order valence-corrected chi connectivity index (χ0v) is 10.1. The number of rotatable bonds is 4. The van der Waals surface area contributed by atoms with E-state index in [1.807, 2.05) is 10.9 Å². The largest absolute Gasteiger partial charge is 0.378 e. The molecule has 5 heteroatoms. The molecule has 16 heavy (non-hydrogen) atoms. The number of nitrogens with zero attached hydrogens (tertiary/aromatic N) is 2. The van der Waals surface area contributed by atoms with Crippen LogP contribution in [-0.4, -0.2) is 9.78 Å². The lowest BCUT2D eigenvalue weighted by Crippen LogP contribution is -2.00. The second-order valence-electron chi connectivity index (χ2n) is 3.86. The van der Waals surface area contributed by atoms with Crippen LogP contribution in [0.2, 0.25) is 0 Å². The monoisotopic (exact) mass is 239 g/mol. The van der Waals surface area contributed by atoms with Crippen LogP contribution in [0.25, 0.3) is 0 Å². The number of halogens is 1. The SMILES string of the molecule is CC(C)n1cc(NCc2ccc(F)s2)cn1. The van der Waals surface area contributed by atoms with Gasteiger partial charge in [0.15, 0.2) is 5.13 Å². The molecule has 0 unspecified atom stereocenters. The van der Waals surface area contributed by atoms with Crippen LogP contribution in [0.1, 0.15) is 24.8 Å². The van der Waals surface area contributed by atoms with Gasteiger partial charge in [0, 0.05) is 23.7 Å². The summed E-state index contributed by atoms with van der Waals surface area (Å²) in [6.07, 6.45) is 3.73. The molecule has 2 aromatic rings. The van der Waals surface area contributed by atoms with E-state index in [1.54, 1.807) is 12.3 Å². The molecule has 0 bridgehead atoms.